The number of amides is 3. The summed E-state index contributed by atoms with van der Waals surface area (Å²) in [4.78, 5) is 63.8. The normalized spacial score (nSPS) is 12.8. The lowest BCUT2D eigenvalue weighted by Gasteiger charge is -2.27. The number of thiol groups is 1. The van der Waals surface area contributed by atoms with Crippen LogP contribution in [0, 0.1) is 0 Å². The standard InChI is InChI=1S/C32H43N3O7S/c1-31(2,3)41-27(37)20-24(33-26(36)14-10-13-21-15-17-23(18-16-21)28(38)35-43)29(39)34-25(30(40)42-32(4,5)6)19-22-11-8-7-9-12-22/h7-9,11-12,15-18,24-25,43H,10,13-14,19-20H2,1-6H3,(H,33,36)(H,34,39)(H,35,38)/t24-,25-/m0/s1. The van der Waals surface area contributed by atoms with Gasteiger partial charge in [-0.3, -0.25) is 23.9 Å². The van der Waals surface area contributed by atoms with Gasteiger partial charge >= 0.3 is 11.9 Å². The summed E-state index contributed by atoms with van der Waals surface area (Å²) < 4.78 is 13.2. The van der Waals surface area contributed by atoms with Gasteiger partial charge in [-0.15, -0.1) is 0 Å². The van der Waals surface area contributed by atoms with Gasteiger partial charge in [-0.2, -0.15) is 0 Å². The third kappa shape index (κ3) is 13.8. The Labute approximate surface area is 259 Å². The first-order chi connectivity index (χ1) is 20.1. The van der Waals surface area contributed by atoms with Crippen molar-refractivity contribution in [3.8, 4) is 0 Å². The number of aryl methyl sites for hydroxylation is 1. The third-order valence-corrected chi connectivity index (χ3v) is 6.12. The van der Waals surface area contributed by atoms with Crippen LogP contribution >= 0.6 is 12.8 Å². The molecular weight excluding hydrogens is 570 g/mol. The molecule has 2 rings (SSSR count). The van der Waals surface area contributed by atoms with Crippen molar-refractivity contribution in [2.24, 2.45) is 0 Å². The molecule has 3 amide bonds. The van der Waals surface area contributed by atoms with Crippen LogP contribution in [-0.4, -0.2) is 52.9 Å². The number of nitrogens with one attached hydrogen (secondary N) is 3. The second-order valence-electron chi connectivity index (χ2n) is 12.2. The second kappa shape index (κ2) is 16.1. The fraction of sp³-hybridized carbons (Fsp3) is 0.469. The minimum atomic E-state index is -1.28. The first-order valence-electron chi connectivity index (χ1n) is 14.2. The average Bonchev–Trinajstić information content (AvgIpc) is 2.90. The Balaban J connectivity index is 2.13. The number of hydrogen-bond donors (Lipinski definition) is 4. The molecule has 0 unspecified atom stereocenters. The van der Waals surface area contributed by atoms with E-state index in [4.69, 9.17) is 9.47 Å². The van der Waals surface area contributed by atoms with Crippen LogP contribution in [0.25, 0.3) is 0 Å². The summed E-state index contributed by atoms with van der Waals surface area (Å²) in [5.74, 6) is -2.77. The predicted molar refractivity (Wildman–Crippen MR) is 166 cm³/mol. The predicted octanol–water partition coefficient (Wildman–Crippen LogP) is 3.87. The Hall–Kier alpha value is -3.86. The molecule has 0 aliphatic heterocycles. The van der Waals surface area contributed by atoms with Crippen LogP contribution in [0.3, 0.4) is 0 Å². The fourth-order valence-corrected chi connectivity index (χ4v) is 4.18. The highest BCUT2D eigenvalue weighted by atomic mass is 32.1. The van der Waals surface area contributed by atoms with E-state index < -0.39 is 53.5 Å². The number of ether oxygens (including phenoxy) is 2. The molecule has 3 N–H and O–H groups in total. The number of esters is 2. The maximum absolute atomic E-state index is 13.5. The number of carbonyl (C=O) groups is 5. The molecule has 10 nitrogen and oxygen atoms in total. The minimum Gasteiger partial charge on any atom is -0.460 e. The molecular formula is C32H43N3O7S. The van der Waals surface area contributed by atoms with Crippen LogP contribution in [0.4, 0.5) is 0 Å². The zero-order valence-electron chi connectivity index (χ0n) is 25.7. The lowest BCUT2D eigenvalue weighted by Crippen LogP contribution is -2.54. The van der Waals surface area contributed by atoms with Gasteiger partial charge in [0.25, 0.3) is 5.91 Å². The molecule has 0 saturated carbocycles. The molecule has 2 aromatic carbocycles. The largest absolute Gasteiger partial charge is 0.460 e. The zero-order valence-corrected chi connectivity index (χ0v) is 26.6. The molecule has 0 spiro atoms. The van der Waals surface area contributed by atoms with Crippen molar-refractivity contribution in [3.63, 3.8) is 0 Å². The van der Waals surface area contributed by atoms with E-state index >= 15 is 0 Å². The van der Waals surface area contributed by atoms with E-state index in [1.54, 1.807) is 65.8 Å². The molecule has 0 fully saturated rings. The van der Waals surface area contributed by atoms with Crippen molar-refractivity contribution < 1.29 is 33.4 Å². The smallest absolute Gasteiger partial charge is 0.329 e. The van der Waals surface area contributed by atoms with Gasteiger partial charge in [-0.25, -0.2) is 4.79 Å². The van der Waals surface area contributed by atoms with Gasteiger partial charge in [0.2, 0.25) is 11.8 Å². The van der Waals surface area contributed by atoms with Gasteiger partial charge in [-0.1, -0.05) is 55.3 Å². The number of rotatable bonds is 13. The Bertz CT molecular complexity index is 1250. The Morgan fingerprint density at radius 3 is 1.93 bits per heavy atom. The summed E-state index contributed by atoms with van der Waals surface area (Å²) in [5, 5.41) is 5.33. The molecule has 0 aliphatic carbocycles. The SMILES string of the molecule is CC(C)(C)OC(=O)C[C@H](NC(=O)CCCc1ccc(C(=O)NS)cc1)C(=O)N[C@@H](Cc1ccccc1)C(=O)OC(C)(C)C. The van der Waals surface area contributed by atoms with E-state index in [9.17, 15) is 24.0 Å². The van der Waals surface area contributed by atoms with E-state index in [0.717, 1.165) is 11.1 Å². The number of benzene rings is 2. The lowest BCUT2D eigenvalue weighted by atomic mass is 10.0. The Kier molecular flexibility index (Phi) is 13.2. The molecule has 43 heavy (non-hydrogen) atoms. The van der Waals surface area contributed by atoms with Gasteiger partial charge in [-0.05, 0) is 77.6 Å². The highest BCUT2D eigenvalue weighted by molar-refractivity contribution is 7.78. The molecule has 0 radical (unpaired) electrons. The zero-order chi connectivity index (χ0) is 32.2. The molecule has 234 valence electrons. The third-order valence-electron chi connectivity index (χ3n) is 5.92. The molecule has 2 atom stereocenters. The van der Waals surface area contributed by atoms with Crippen LogP contribution in [0.2, 0.25) is 0 Å². The summed E-state index contributed by atoms with van der Waals surface area (Å²) in [6, 6.07) is 13.7. The molecule has 0 aromatic heterocycles. The van der Waals surface area contributed by atoms with E-state index in [2.05, 4.69) is 28.2 Å². The average molecular weight is 614 g/mol. The van der Waals surface area contributed by atoms with E-state index in [1.807, 2.05) is 30.3 Å². The second-order valence-corrected chi connectivity index (χ2v) is 12.4. The maximum Gasteiger partial charge on any atom is 0.329 e. The summed E-state index contributed by atoms with van der Waals surface area (Å²) in [7, 11) is 0. The van der Waals surface area contributed by atoms with Gasteiger partial charge in [0, 0.05) is 18.4 Å². The van der Waals surface area contributed by atoms with Crippen molar-refractivity contribution in [1.82, 2.24) is 15.4 Å². The topological polar surface area (TPSA) is 140 Å². The van der Waals surface area contributed by atoms with Crippen LogP contribution in [-0.2, 0) is 41.5 Å². The molecule has 0 bridgehead atoms. The molecule has 11 heteroatoms. The van der Waals surface area contributed by atoms with Crippen molar-refractivity contribution in [3.05, 3.63) is 71.3 Å². The quantitative estimate of drug-likeness (QED) is 0.199. The highest BCUT2D eigenvalue weighted by Gasteiger charge is 2.32. The number of carbonyl (C=O) groups excluding carboxylic acids is 5. The monoisotopic (exact) mass is 613 g/mol. The van der Waals surface area contributed by atoms with Crippen molar-refractivity contribution >= 4 is 42.5 Å². The summed E-state index contributed by atoms with van der Waals surface area (Å²) in [5.41, 5.74) is 0.598. The molecule has 0 heterocycles. The fourth-order valence-electron chi connectivity index (χ4n) is 4.05. The van der Waals surface area contributed by atoms with E-state index in [1.165, 1.54) is 0 Å². The summed E-state index contributed by atoms with van der Waals surface area (Å²) in [6.07, 6.45) is 0.825. The van der Waals surface area contributed by atoms with Crippen molar-refractivity contribution in [2.75, 3.05) is 0 Å². The van der Waals surface area contributed by atoms with Gasteiger partial charge in [0.1, 0.15) is 23.3 Å². The molecule has 0 saturated heterocycles. The Morgan fingerprint density at radius 2 is 1.37 bits per heavy atom. The maximum atomic E-state index is 13.5. The van der Waals surface area contributed by atoms with Crippen LogP contribution in [0.15, 0.2) is 54.6 Å². The van der Waals surface area contributed by atoms with Gasteiger partial charge in [0.05, 0.1) is 6.42 Å². The van der Waals surface area contributed by atoms with E-state index in [0.29, 0.717) is 18.4 Å². The van der Waals surface area contributed by atoms with Crippen molar-refractivity contribution in [1.29, 1.82) is 0 Å². The van der Waals surface area contributed by atoms with Gasteiger partial charge < -0.3 is 20.1 Å². The lowest BCUT2D eigenvalue weighted by molar-refractivity contribution is -0.159. The Morgan fingerprint density at radius 1 is 0.767 bits per heavy atom. The first-order valence-corrected chi connectivity index (χ1v) is 14.6. The van der Waals surface area contributed by atoms with Crippen molar-refractivity contribution in [2.45, 2.75) is 96.9 Å². The molecule has 2 aromatic rings. The summed E-state index contributed by atoms with van der Waals surface area (Å²) >= 11 is 3.76. The summed E-state index contributed by atoms with van der Waals surface area (Å²) in [6.45, 7) is 10.3. The highest BCUT2D eigenvalue weighted by Crippen LogP contribution is 2.14. The number of hydrogen-bond acceptors (Lipinski definition) is 8. The van der Waals surface area contributed by atoms with Gasteiger partial charge in [0.15, 0.2) is 0 Å². The molecule has 0 aliphatic rings. The minimum absolute atomic E-state index is 0.0798. The van der Waals surface area contributed by atoms with Crippen LogP contribution < -0.4 is 15.4 Å². The first kappa shape index (κ1) is 35.3. The van der Waals surface area contributed by atoms with Crippen LogP contribution in [0.5, 0.6) is 0 Å². The van der Waals surface area contributed by atoms with Crippen LogP contribution in [0.1, 0.15) is 82.3 Å². The van der Waals surface area contributed by atoms with E-state index in [-0.39, 0.29) is 18.7 Å².